The molecular weight excluding hydrogens is 478 g/mol. The van der Waals surface area contributed by atoms with Gasteiger partial charge in [0, 0.05) is 16.5 Å². The van der Waals surface area contributed by atoms with Crippen LogP contribution in [-0.4, -0.2) is 36.3 Å². The van der Waals surface area contributed by atoms with Crippen LogP contribution in [0.3, 0.4) is 0 Å². The van der Waals surface area contributed by atoms with Crippen LogP contribution in [0.4, 0.5) is 0 Å². The number of nitrogens with one attached hydrogen (secondary N) is 1. The molecule has 0 atom stereocenters. The molecule has 38 heavy (non-hydrogen) atoms. The number of carbonyl (C=O) groups is 2. The van der Waals surface area contributed by atoms with Gasteiger partial charge in [-0.25, -0.2) is 15.2 Å². The summed E-state index contributed by atoms with van der Waals surface area (Å²) in [7, 11) is 0. The fourth-order valence-electron chi connectivity index (χ4n) is 4.21. The van der Waals surface area contributed by atoms with E-state index in [1.807, 2.05) is 84.9 Å². The number of rotatable bonds is 8. The molecule has 1 aromatic heterocycles. The van der Waals surface area contributed by atoms with Gasteiger partial charge in [-0.05, 0) is 35.9 Å². The first-order valence-electron chi connectivity index (χ1n) is 12.2. The molecule has 188 valence electrons. The maximum absolute atomic E-state index is 13.3. The van der Waals surface area contributed by atoms with Gasteiger partial charge in [0.05, 0.1) is 29.6 Å². The predicted octanol–water partition coefficient (Wildman–Crippen LogP) is 5.76. The molecule has 0 saturated carbocycles. The molecule has 5 aromatic rings. The summed E-state index contributed by atoms with van der Waals surface area (Å²) < 4.78 is 10.7. The standard InChI is InChI=1S/C31H25N3O4/c1-2-37-30(35)20-38-29-17-16-21-10-6-7-13-23(21)26(29)19-32-34-31(36)25-18-28(22-11-4-3-5-12-22)33-27-15-9-8-14-24(25)27/h3-19H,2,20H2,1H3,(H,34,36)/b32-19-. The lowest BCUT2D eigenvalue weighted by Gasteiger charge is -2.11. The Morgan fingerprint density at radius 2 is 1.63 bits per heavy atom. The highest BCUT2D eigenvalue weighted by molar-refractivity contribution is 6.08. The van der Waals surface area contributed by atoms with Crippen LogP contribution in [0, 0.1) is 0 Å². The van der Waals surface area contributed by atoms with Crippen molar-refractivity contribution in [1.82, 2.24) is 10.4 Å². The molecule has 0 saturated heterocycles. The second-order valence-corrected chi connectivity index (χ2v) is 8.43. The summed E-state index contributed by atoms with van der Waals surface area (Å²) in [5, 5.41) is 6.82. The van der Waals surface area contributed by atoms with Gasteiger partial charge in [-0.3, -0.25) is 4.79 Å². The summed E-state index contributed by atoms with van der Waals surface area (Å²) in [4.78, 5) is 29.9. The third-order valence-electron chi connectivity index (χ3n) is 5.97. The zero-order valence-corrected chi connectivity index (χ0v) is 20.8. The Hall–Kier alpha value is -5.04. The molecule has 7 nitrogen and oxygen atoms in total. The topological polar surface area (TPSA) is 89.9 Å². The van der Waals surface area contributed by atoms with Crippen molar-refractivity contribution in [2.24, 2.45) is 5.10 Å². The van der Waals surface area contributed by atoms with E-state index in [4.69, 9.17) is 14.5 Å². The van der Waals surface area contributed by atoms with E-state index < -0.39 is 5.97 Å². The van der Waals surface area contributed by atoms with Crippen molar-refractivity contribution in [1.29, 1.82) is 0 Å². The van der Waals surface area contributed by atoms with E-state index in [0.29, 0.717) is 28.1 Å². The number of nitrogens with zero attached hydrogens (tertiary/aromatic N) is 2. The molecule has 0 fully saturated rings. The van der Waals surface area contributed by atoms with E-state index in [1.165, 1.54) is 6.21 Å². The lowest BCUT2D eigenvalue weighted by Crippen LogP contribution is -2.19. The van der Waals surface area contributed by atoms with Crippen LogP contribution in [0.25, 0.3) is 32.9 Å². The van der Waals surface area contributed by atoms with E-state index in [0.717, 1.165) is 21.7 Å². The first kappa shape index (κ1) is 24.6. The number of hydrogen-bond donors (Lipinski definition) is 1. The number of esters is 1. The van der Waals surface area contributed by atoms with Crippen molar-refractivity contribution in [3.8, 4) is 17.0 Å². The highest BCUT2D eigenvalue weighted by Crippen LogP contribution is 2.27. The number of ether oxygens (including phenoxy) is 2. The Morgan fingerprint density at radius 1 is 0.895 bits per heavy atom. The molecule has 1 heterocycles. The van der Waals surface area contributed by atoms with E-state index in [2.05, 4.69) is 10.5 Å². The van der Waals surface area contributed by atoms with Gasteiger partial charge in [0.15, 0.2) is 6.61 Å². The summed E-state index contributed by atoms with van der Waals surface area (Å²) in [6.45, 7) is 1.78. The maximum atomic E-state index is 13.3. The molecule has 0 bridgehead atoms. The normalized spacial score (nSPS) is 11.1. The number of para-hydroxylation sites is 1. The molecule has 1 amide bonds. The maximum Gasteiger partial charge on any atom is 0.344 e. The van der Waals surface area contributed by atoms with Crippen molar-refractivity contribution >= 4 is 39.8 Å². The van der Waals surface area contributed by atoms with Crippen molar-refractivity contribution < 1.29 is 19.1 Å². The molecule has 0 radical (unpaired) electrons. The van der Waals surface area contributed by atoms with E-state index in [1.54, 1.807) is 19.1 Å². The highest BCUT2D eigenvalue weighted by atomic mass is 16.6. The molecule has 5 rings (SSSR count). The minimum absolute atomic E-state index is 0.232. The second kappa shape index (κ2) is 11.3. The number of pyridine rings is 1. The number of fused-ring (bicyclic) bond motifs is 2. The Kier molecular flexibility index (Phi) is 7.36. The average molecular weight is 504 g/mol. The van der Waals surface area contributed by atoms with Gasteiger partial charge in [0.2, 0.25) is 0 Å². The molecule has 4 aromatic carbocycles. The number of carbonyl (C=O) groups excluding carboxylic acids is 2. The van der Waals surface area contributed by atoms with Crippen molar-refractivity contribution in [2.45, 2.75) is 6.92 Å². The van der Waals surface area contributed by atoms with Gasteiger partial charge in [0.25, 0.3) is 5.91 Å². The summed E-state index contributed by atoms with van der Waals surface area (Å²) in [6, 6.07) is 30.4. The van der Waals surface area contributed by atoms with Crippen LogP contribution < -0.4 is 10.2 Å². The Morgan fingerprint density at radius 3 is 2.45 bits per heavy atom. The molecule has 7 heteroatoms. The Labute approximate surface area is 219 Å². The van der Waals surface area contributed by atoms with Crippen LogP contribution in [0.2, 0.25) is 0 Å². The minimum atomic E-state index is -0.462. The fraction of sp³-hybridized carbons (Fsp3) is 0.0968. The van der Waals surface area contributed by atoms with Gasteiger partial charge >= 0.3 is 5.97 Å². The van der Waals surface area contributed by atoms with Gasteiger partial charge in [0.1, 0.15) is 5.75 Å². The quantitative estimate of drug-likeness (QED) is 0.165. The Bertz CT molecular complexity index is 1650. The third kappa shape index (κ3) is 5.37. The van der Waals surface area contributed by atoms with E-state index in [-0.39, 0.29) is 19.1 Å². The minimum Gasteiger partial charge on any atom is -0.481 e. The molecule has 0 aliphatic carbocycles. The zero-order chi connectivity index (χ0) is 26.3. The average Bonchev–Trinajstić information content (AvgIpc) is 2.96. The van der Waals surface area contributed by atoms with Gasteiger partial charge in [-0.15, -0.1) is 0 Å². The monoisotopic (exact) mass is 503 g/mol. The SMILES string of the molecule is CCOC(=O)COc1ccc2ccccc2c1/C=N\NC(=O)c1cc(-c2ccccc2)nc2ccccc12. The first-order chi connectivity index (χ1) is 18.6. The Balaban J connectivity index is 1.46. The number of hydrogen-bond acceptors (Lipinski definition) is 6. The molecule has 0 unspecified atom stereocenters. The largest absolute Gasteiger partial charge is 0.481 e. The molecule has 0 aliphatic heterocycles. The molecule has 0 aliphatic rings. The molecule has 1 N–H and O–H groups in total. The lowest BCUT2D eigenvalue weighted by molar-refractivity contribution is -0.145. The first-order valence-corrected chi connectivity index (χ1v) is 12.2. The van der Waals surface area contributed by atoms with Crippen LogP contribution >= 0.6 is 0 Å². The van der Waals surface area contributed by atoms with E-state index in [9.17, 15) is 9.59 Å². The van der Waals surface area contributed by atoms with Crippen molar-refractivity contribution in [2.75, 3.05) is 13.2 Å². The van der Waals surface area contributed by atoms with Crippen LogP contribution in [0.15, 0.2) is 102 Å². The molecular formula is C31H25N3O4. The van der Waals surface area contributed by atoms with Gasteiger partial charge < -0.3 is 9.47 Å². The number of amides is 1. The van der Waals surface area contributed by atoms with Crippen molar-refractivity contribution in [3.05, 3.63) is 108 Å². The summed E-state index contributed by atoms with van der Waals surface area (Å²) in [6.07, 6.45) is 1.53. The highest BCUT2D eigenvalue weighted by Gasteiger charge is 2.14. The summed E-state index contributed by atoms with van der Waals surface area (Å²) in [5.41, 5.74) is 6.07. The fourth-order valence-corrected chi connectivity index (χ4v) is 4.21. The van der Waals surface area contributed by atoms with Crippen LogP contribution in [-0.2, 0) is 9.53 Å². The number of hydrazone groups is 1. The summed E-state index contributed by atoms with van der Waals surface area (Å²) in [5.74, 6) is -0.377. The summed E-state index contributed by atoms with van der Waals surface area (Å²) >= 11 is 0. The number of aromatic nitrogens is 1. The third-order valence-corrected chi connectivity index (χ3v) is 5.97. The zero-order valence-electron chi connectivity index (χ0n) is 20.8. The predicted molar refractivity (Wildman–Crippen MR) is 148 cm³/mol. The van der Waals surface area contributed by atoms with Crippen LogP contribution in [0.5, 0.6) is 5.75 Å². The second-order valence-electron chi connectivity index (χ2n) is 8.43. The smallest absolute Gasteiger partial charge is 0.344 e. The molecule has 0 spiro atoms. The number of benzene rings is 4. The van der Waals surface area contributed by atoms with Gasteiger partial charge in [-0.1, -0.05) is 78.9 Å². The van der Waals surface area contributed by atoms with Crippen LogP contribution in [0.1, 0.15) is 22.8 Å². The van der Waals surface area contributed by atoms with E-state index >= 15 is 0 Å². The van der Waals surface area contributed by atoms with Gasteiger partial charge in [-0.2, -0.15) is 5.10 Å². The van der Waals surface area contributed by atoms with Crippen molar-refractivity contribution in [3.63, 3.8) is 0 Å². The lowest BCUT2D eigenvalue weighted by atomic mass is 10.0.